The monoisotopic (exact) mass is 1230 g/mol. The molecule has 0 radical (unpaired) electrons. The van der Waals surface area contributed by atoms with Crippen LogP contribution in [0.4, 0.5) is 26.3 Å². The summed E-state index contributed by atoms with van der Waals surface area (Å²) < 4.78 is 120. The molecule has 0 aliphatic carbocycles. The van der Waals surface area contributed by atoms with E-state index in [2.05, 4.69) is 20.2 Å². The number of halogens is 6. The van der Waals surface area contributed by atoms with Crippen molar-refractivity contribution in [2.75, 3.05) is 95.1 Å². The van der Waals surface area contributed by atoms with Crippen LogP contribution < -0.4 is 28.4 Å². The second-order valence-corrected chi connectivity index (χ2v) is 21.2. The summed E-state index contributed by atoms with van der Waals surface area (Å²) in [5, 5.41) is 28.7. The molecule has 2 aliphatic heterocycles. The van der Waals surface area contributed by atoms with Gasteiger partial charge in [0.25, 0.3) is 11.8 Å². The first-order valence-electron chi connectivity index (χ1n) is 28.0. The van der Waals surface area contributed by atoms with Crippen LogP contribution in [0.25, 0.3) is 33.8 Å². The van der Waals surface area contributed by atoms with Crippen molar-refractivity contribution in [2.45, 2.75) is 64.2 Å². The molecule has 0 saturated carbocycles. The van der Waals surface area contributed by atoms with Crippen LogP contribution in [0.3, 0.4) is 0 Å². The number of amides is 2. The third-order valence-corrected chi connectivity index (χ3v) is 16.1. The number of aliphatic hydroxyl groups is 2. The maximum absolute atomic E-state index is 14.4. The van der Waals surface area contributed by atoms with Gasteiger partial charge in [0, 0.05) is 84.7 Å². The minimum Gasteiger partial charge on any atom is -0.497 e. The Morgan fingerprint density at radius 3 is 1.19 bits per heavy atom. The Labute approximate surface area is 503 Å². The number of alkyl halides is 6. The Bertz CT molecular complexity index is 3560. The quantitative estimate of drug-likeness (QED) is 0.0866. The molecule has 2 amide bonds. The van der Waals surface area contributed by atoms with Gasteiger partial charge in [0.2, 0.25) is 0 Å². The van der Waals surface area contributed by atoms with E-state index in [0.717, 1.165) is 23.5 Å². The Morgan fingerprint density at radius 1 is 0.534 bits per heavy atom. The number of hydrogen-bond donors (Lipinski definition) is 2. The molecular formula is C62H68F6N10O10. The number of carbonyl (C=O) groups excluding carboxylic acids is 2. The number of rotatable bonds is 16. The molecule has 6 heterocycles. The minimum atomic E-state index is -4.75. The summed E-state index contributed by atoms with van der Waals surface area (Å²) in [6.45, 7) is 8.13. The van der Waals surface area contributed by atoms with E-state index in [1.807, 2.05) is 47.9 Å². The summed E-state index contributed by atoms with van der Waals surface area (Å²) in [4.78, 5) is 44.2. The molecule has 26 heteroatoms. The van der Waals surface area contributed by atoms with Gasteiger partial charge in [0.15, 0.2) is 45.7 Å². The Kier molecular flexibility index (Phi) is 19.1. The highest BCUT2D eigenvalue weighted by Gasteiger charge is 2.42. The van der Waals surface area contributed by atoms with E-state index >= 15 is 0 Å². The number of methoxy groups -OCH3 is 6. The van der Waals surface area contributed by atoms with Crippen molar-refractivity contribution in [3.8, 4) is 57.0 Å². The van der Waals surface area contributed by atoms with E-state index in [1.165, 1.54) is 56.5 Å². The van der Waals surface area contributed by atoms with Crippen LogP contribution in [0.2, 0.25) is 0 Å². The first kappa shape index (κ1) is 63.8. The van der Waals surface area contributed by atoms with Crippen LogP contribution in [-0.2, 0) is 12.4 Å². The predicted molar refractivity (Wildman–Crippen MR) is 312 cm³/mol. The van der Waals surface area contributed by atoms with Crippen molar-refractivity contribution in [2.24, 2.45) is 0 Å². The Morgan fingerprint density at radius 2 is 0.898 bits per heavy atom. The first-order valence-corrected chi connectivity index (χ1v) is 28.0. The third kappa shape index (κ3) is 12.3. The highest BCUT2D eigenvalue weighted by molar-refractivity contribution is 6.01. The largest absolute Gasteiger partial charge is 0.497 e. The Hall–Kier alpha value is -8.72. The molecule has 0 unspecified atom stereocenters. The lowest BCUT2D eigenvalue weighted by Crippen LogP contribution is -2.55. The zero-order valence-electron chi connectivity index (χ0n) is 50.1. The van der Waals surface area contributed by atoms with Gasteiger partial charge in [-0.15, -0.1) is 0 Å². The summed E-state index contributed by atoms with van der Waals surface area (Å²) in [6.07, 6.45) is -7.21. The molecule has 0 bridgehead atoms. The van der Waals surface area contributed by atoms with E-state index in [4.69, 9.17) is 28.4 Å². The van der Waals surface area contributed by atoms with Crippen molar-refractivity contribution in [1.29, 1.82) is 0 Å². The molecule has 2 aliphatic rings. The smallest absolute Gasteiger partial charge is 0.433 e. The van der Waals surface area contributed by atoms with Gasteiger partial charge in [0.1, 0.15) is 22.6 Å². The number of fused-ring (bicyclic) bond motifs is 2. The number of aromatic nitrogens is 6. The number of benzene rings is 4. The third-order valence-electron chi connectivity index (χ3n) is 16.1. The van der Waals surface area contributed by atoms with Crippen LogP contribution in [-0.4, -0.2) is 178 Å². The fourth-order valence-corrected chi connectivity index (χ4v) is 11.8. The molecular weight excluding hydrogens is 1160 g/mol. The summed E-state index contributed by atoms with van der Waals surface area (Å²) in [5.74, 6) is 2.24. The van der Waals surface area contributed by atoms with Crippen LogP contribution in [0.5, 0.6) is 34.5 Å². The number of piperazine rings is 2. The van der Waals surface area contributed by atoms with Crippen LogP contribution in [0, 0.1) is 13.8 Å². The molecule has 4 aromatic carbocycles. The molecule has 88 heavy (non-hydrogen) atoms. The normalized spacial score (nSPS) is 16.7. The van der Waals surface area contributed by atoms with Gasteiger partial charge >= 0.3 is 12.4 Å². The van der Waals surface area contributed by atoms with Gasteiger partial charge in [-0.3, -0.25) is 19.4 Å². The van der Waals surface area contributed by atoms with Gasteiger partial charge in [-0.1, -0.05) is 24.3 Å². The topological polar surface area (TPSA) is 203 Å². The van der Waals surface area contributed by atoms with Crippen molar-refractivity contribution in [3.63, 3.8) is 0 Å². The molecule has 0 spiro atoms. The Balaban J connectivity index is 0.000000209. The number of hydrogen-bond acceptors (Lipinski definition) is 16. The molecule has 468 valence electrons. The second-order valence-electron chi connectivity index (χ2n) is 21.2. The van der Waals surface area contributed by atoms with Crippen LogP contribution in [0.1, 0.15) is 80.3 Å². The van der Waals surface area contributed by atoms with E-state index in [0.29, 0.717) is 80.8 Å². The summed E-state index contributed by atoms with van der Waals surface area (Å²) in [7, 11) is 9.14. The van der Waals surface area contributed by atoms with E-state index in [1.54, 1.807) is 70.5 Å². The first-order chi connectivity index (χ1) is 42.1. The highest BCUT2D eigenvalue weighted by Crippen LogP contribution is 2.42. The molecule has 10 rings (SSSR count). The predicted octanol–water partition coefficient (Wildman–Crippen LogP) is 9.26. The molecule has 2 saturated heterocycles. The minimum absolute atomic E-state index is 0.0289. The average Bonchev–Trinajstić information content (AvgIpc) is 1.79. The van der Waals surface area contributed by atoms with E-state index < -0.39 is 47.6 Å². The van der Waals surface area contributed by atoms with Crippen LogP contribution in [0.15, 0.2) is 97.3 Å². The molecule has 8 aromatic rings. The zero-order valence-corrected chi connectivity index (χ0v) is 50.1. The summed E-state index contributed by atoms with van der Waals surface area (Å²) >= 11 is 0. The lowest BCUT2D eigenvalue weighted by atomic mass is 10.0. The number of ether oxygens (including phenoxy) is 6. The zero-order chi connectivity index (χ0) is 63.5. The van der Waals surface area contributed by atoms with Gasteiger partial charge in [-0.25, -0.2) is 19.0 Å². The van der Waals surface area contributed by atoms with E-state index in [-0.39, 0.29) is 83.3 Å². The molecule has 2 fully saturated rings. The molecule has 4 aromatic heterocycles. The summed E-state index contributed by atoms with van der Waals surface area (Å²) in [6, 6.07) is 22.4. The number of para-hydroxylation sites is 2. The highest BCUT2D eigenvalue weighted by atomic mass is 19.4. The summed E-state index contributed by atoms with van der Waals surface area (Å²) in [5.41, 5.74) is -0.0554. The van der Waals surface area contributed by atoms with Crippen molar-refractivity contribution < 1.29 is 74.6 Å². The fraction of sp³-hybridized carbons (Fsp3) is 0.387. The number of nitrogens with zero attached hydrogens (tertiary/aromatic N) is 10. The van der Waals surface area contributed by atoms with Crippen molar-refractivity contribution in [3.05, 3.63) is 142 Å². The van der Waals surface area contributed by atoms with Crippen molar-refractivity contribution in [1.82, 2.24) is 48.8 Å². The van der Waals surface area contributed by atoms with Gasteiger partial charge in [-0.2, -0.15) is 36.5 Å². The van der Waals surface area contributed by atoms with Crippen molar-refractivity contribution >= 4 is 23.1 Å². The second kappa shape index (κ2) is 26.3. The maximum Gasteiger partial charge on any atom is 0.433 e. The van der Waals surface area contributed by atoms with E-state index in [9.17, 15) is 46.1 Å². The number of aliphatic hydroxyl groups excluding tert-OH is 2. The van der Waals surface area contributed by atoms with Crippen LogP contribution >= 0.6 is 0 Å². The molecule has 4 atom stereocenters. The van der Waals surface area contributed by atoms with Gasteiger partial charge < -0.3 is 48.4 Å². The number of carbonyl (C=O) groups is 2. The standard InChI is InChI=1S/2C31H34F3N5O5/c2*1-18-16-37(24(17-40)22-7-6-8-25(43-4)27(22)44-5)13-14-38(18)30(41)23-15-35-39-28(31(32,33)34)19(2)26(36-29(23)39)20-9-11-21(42-3)12-10-20/h2*6-12,15,18,24,40H,13-14,16-17H2,1-5H3/t18-,24+;18-,24-/m11/s1. The van der Waals surface area contributed by atoms with Gasteiger partial charge in [-0.05, 0) is 88.4 Å². The average molecular weight is 1230 g/mol. The molecule has 2 N–H and O–H groups in total. The lowest BCUT2D eigenvalue weighted by Gasteiger charge is -2.43. The van der Waals surface area contributed by atoms with Gasteiger partial charge in [0.05, 0.1) is 91.7 Å². The maximum atomic E-state index is 14.4. The molecule has 20 nitrogen and oxygen atoms in total. The fourth-order valence-electron chi connectivity index (χ4n) is 11.8. The SMILES string of the molecule is COc1ccc(-c2nc3c(C(=O)N4CCN([C@@H](CO)c5cccc(OC)c5OC)C[C@H]4C)cnn3c(C(F)(F)F)c2C)cc1.COc1ccc(-c2nc3c(C(=O)N4CCN([C@H](CO)c5cccc(OC)c5OC)C[C@H]4C)cnn3c(C(F)(F)F)c2C)cc1. The lowest BCUT2D eigenvalue weighted by molar-refractivity contribution is -0.144.